The van der Waals surface area contributed by atoms with Crippen LogP contribution in [0, 0.1) is 0 Å². The van der Waals surface area contributed by atoms with Crippen LogP contribution in [0.5, 0.6) is 0 Å². The third kappa shape index (κ3) is 4.69. The Morgan fingerprint density at radius 3 is 2.44 bits per heavy atom. The number of guanidine groups is 1. The van der Waals surface area contributed by atoms with Gasteiger partial charge in [-0.25, -0.2) is 0 Å². The number of thiophene rings is 1. The van der Waals surface area contributed by atoms with E-state index in [1.165, 1.54) is 9.75 Å². The van der Waals surface area contributed by atoms with Crippen LogP contribution >= 0.6 is 35.3 Å². The summed E-state index contributed by atoms with van der Waals surface area (Å²) in [7, 11) is 5.77. The van der Waals surface area contributed by atoms with Crippen molar-refractivity contribution in [1.29, 1.82) is 0 Å². The fraction of sp³-hybridized carbons (Fsp3) is 0.545. The number of hydrogen-bond acceptors (Lipinski definition) is 2. The van der Waals surface area contributed by atoms with Crippen molar-refractivity contribution in [3.63, 3.8) is 0 Å². The van der Waals surface area contributed by atoms with Gasteiger partial charge in [-0.05, 0) is 18.6 Å². The van der Waals surface area contributed by atoms with Gasteiger partial charge in [0.25, 0.3) is 0 Å². The zero-order valence-electron chi connectivity index (χ0n) is 10.3. The van der Waals surface area contributed by atoms with E-state index in [2.05, 4.69) is 29.4 Å². The molecule has 5 heteroatoms. The van der Waals surface area contributed by atoms with E-state index >= 15 is 0 Å². The topological polar surface area (TPSA) is 27.6 Å². The molecule has 1 aromatic heterocycles. The molecule has 1 rings (SSSR count). The van der Waals surface area contributed by atoms with Gasteiger partial charge in [0, 0.05) is 30.9 Å². The first kappa shape index (κ1) is 15.7. The van der Waals surface area contributed by atoms with E-state index in [4.69, 9.17) is 0 Å². The Morgan fingerprint density at radius 1 is 1.38 bits per heavy atom. The van der Waals surface area contributed by atoms with Gasteiger partial charge in [-0.1, -0.05) is 6.92 Å². The minimum absolute atomic E-state index is 0. The van der Waals surface area contributed by atoms with Gasteiger partial charge in [-0.3, -0.25) is 4.99 Å². The minimum atomic E-state index is 0. The molecule has 1 heterocycles. The molecule has 0 fully saturated rings. The number of hydrogen-bond donors (Lipinski definition) is 1. The molecule has 0 spiro atoms. The van der Waals surface area contributed by atoms with Gasteiger partial charge in [0.2, 0.25) is 0 Å². The second-order valence-corrected chi connectivity index (χ2v) is 4.77. The predicted molar refractivity (Wildman–Crippen MR) is 83.0 cm³/mol. The van der Waals surface area contributed by atoms with Crippen LogP contribution in [-0.2, 0) is 13.0 Å². The van der Waals surface area contributed by atoms with Crippen LogP contribution in [-0.4, -0.2) is 32.0 Å². The summed E-state index contributed by atoms with van der Waals surface area (Å²) in [5.41, 5.74) is 0. The van der Waals surface area contributed by atoms with Crippen molar-refractivity contribution in [2.24, 2.45) is 4.99 Å². The first-order valence-electron chi connectivity index (χ1n) is 5.13. The lowest BCUT2D eigenvalue weighted by Crippen LogP contribution is -2.35. The van der Waals surface area contributed by atoms with E-state index in [0.29, 0.717) is 0 Å². The van der Waals surface area contributed by atoms with Crippen molar-refractivity contribution in [1.82, 2.24) is 10.2 Å². The second kappa shape index (κ2) is 7.89. The van der Waals surface area contributed by atoms with Crippen LogP contribution in [0.3, 0.4) is 0 Å². The number of rotatable bonds is 3. The third-order valence-electron chi connectivity index (χ3n) is 2.12. The van der Waals surface area contributed by atoms with Gasteiger partial charge in [-0.2, -0.15) is 0 Å². The van der Waals surface area contributed by atoms with Gasteiger partial charge in [0.15, 0.2) is 5.96 Å². The van der Waals surface area contributed by atoms with Gasteiger partial charge < -0.3 is 10.2 Å². The maximum Gasteiger partial charge on any atom is 0.193 e. The molecule has 0 aliphatic rings. The molecule has 0 bridgehead atoms. The maximum atomic E-state index is 4.17. The summed E-state index contributed by atoms with van der Waals surface area (Å²) in [6.07, 6.45) is 1.12. The minimum Gasteiger partial charge on any atom is -0.351 e. The SMILES string of the molecule is CCc1ccc(CNC(=NC)N(C)C)s1.I. The van der Waals surface area contributed by atoms with Crippen molar-refractivity contribution >= 4 is 41.3 Å². The molecule has 1 N–H and O–H groups in total. The Bertz CT molecular complexity index is 334. The molecular weight excluding hydrogens is 333 g/mol. The predicted octanol–water partition coefficient (Wildman–Crippen LogP) is 2.57. The lowest BCUT2D eigenvalue weighted by atomic mass is 10.4. The summed E-state index contributed by atoms with van der Waals surface area (Å²) in [6.45, 7) is 3.04. The van der Waals surface area contributed by atoms with E-state index < -0.39 is 0 Å². The molecule has 0 saturated heterocycles. The highest BCUT2D eigenvalue weighted by molar-refractivity contribution is 14.0. The monoisotopic (exact) mass is 353 g/mol. The summed E-state index contributed by atoms with van der Waals surface area (Å²) in [4.78, 5) is 8.94. The fourth-order valence-electron chi connectivity index (χ4n) is 1.31. The van der Waals surface area contributed by atoms with E-state index in [0.717, 1.165) is 18.9 Å². The summed E-state index contributed by atoms with van der Waals surface area (Å²) in [6, 6.07) is 4.37. The van der Waals surface area contributed by atoms with Crippen LogP contribution in [0.1, 0.15) is 16.7 Å². The highest BCUT2D eigenvalue weighted by Crippen LogP contribution is 2.16. The molecule has 0 saturated carbocycles. The molecular formula is C11H20IN3S. The standard InChI is InChI=1S/C11H19N3S.HI/c1-5-9-6-7-10(15-9)8-13-11(12-2)14(3)4;/h6-7H,5,8H2,1-4H3,(H,12,13);1H. The van der Waals surface area contributed by atoms with E-state index in [1.54, 1.807) is 7.05 Å². The summed E-state index contributed by atoms with van der Waals surface area (Å²) < 4.78 is 0. The van der Waals surface area contributed by atoms with Gasteiger partial charge in [0.1, 0.15) is 0 Å². The van der Waals surface area contributed by atoms with Crippen LogP contribution in [0.15, 0.2) is 17.1 Å². The summed E-state index contributed by atoms with van der Waals surface area (Å²) >= 11 is 1.86. The normalized spacial score (nSPS) is 10.9. The average molecular weight is 353 g/mol. The zero-order valence-corrected chi connectivity index (χ0v) is 13.4. The Hall–Kier alpha value is -0.300. The van der Waals surface area contributed by atoms with Crippen LogP contribution < -0.4 is 5.32 Å². The molecule has 1 aromatic rings. The Morgan fingerprint density at radius 2 is 2.00 bits per heavy atom. The third-order valence-corrected chi connectivity index (χ3v) is 3.35. The van der Waals surface area contributed by atoms with Crippen LogP contribution in [0.25, 0.3) is 0 Å². The fourth-order valence-corrected chi connectivity index (χ4v) is 2.21. The number of nitrogens with zero attached hydrogens (tertiary/aromatic N) is 2. The highest BCUT2D eigenvalue weighted by atomic mass is 127. The van der Waals surface area contributed by atoms with E-state index in [9.17, 15) is 0 Å². The van der Waals surface area contributed by atoms with Crippen molar-refractivity contribution in [3.05, 3.63) is 21.9 Å². The van der Waals surface area contributed by atoms with Crippen LogP contribution in [0.4, 0.5) is 0 Å². The maximum absolute atomic E-state index is 4.17. The molecule has 0 unspecified atom stereocenters. The molecule has 0 amide bonds. The number of nitrogens with one attached hydrogen (secondary N) is 1. The zero-order chi connectivity index (χ0) is 11.3. The molecule has 0 aliphatic heterocycles. The summed E-state index contributed by atoms with van der Waals surface area (Å²) in [5.74, 6) is 0.918. The van der Waals surface area contributed by atoms with Crippen molar-refractivity contribution in [2.75, 3.05) is 21.1 Å². The molecule has 0 aromatic carbocycles. The second-order valence-electron chi connectivity index (χ2n) is 3.52. The van der Waals surface area contributed by atoms with Crippen LogP contribution in [0.2, 0.25) is 0 Å². The first-order valence-corrected chi connectivity index (χ1v) is 5.94. The molecule has 92 valence electrons. The Labute approximate surface area is 119 Å². The van der Waals surface area contributed by atoms with Crippen molar-refractivity contribution < 1.29 is 0 Å². The lowest BCUT2D eigenvalue weighted by molar-refractivity contribution is 0.583. The lowest BCUT2D eigenvalue weighted by Gasteiger charge is -2.16. The largest absolute Gasteiger partial charge is 0.351 e. The Balaban J connectivity index is 0.00000225. The quantitative estimate of drug-likeness (QED) is 0.514. The summed E-state index contributed by atoms with van der Waals surface area (Å²) in [5, 5.41) is 3.31. The molecule has 0 atom stereocenters. The number of halogens is 1. The number of aryl methyl sites for hydroxylation is 1. The van der Waals surface area contributed by atoms with E-state index in [1.807, 2.05) is 30.3 Å². The van der Waals surface area contributed by atoms with Gasteiger partial charge in [-0.15, -0.1) is 35.3 Å². The van der Waals surface area contributed by atoms with Gasteiger partial charge in [0.05, 0.1) is 6.54 Å². The Kier molecular flexibility index (Phi) is 7.74. The number of aliphatic imine (C=N–C) groups is 1. The molecule has 3 nitrogen and oxygen atoms in total. The van der Waals surface area contributed by atoms with Crippen molar-refractivity contribution in [3.8, 4) is 0 Å². The first-order chi connectivity index (χ1) is 7.17. The average Bonchev–Trinajstić information content (AvgIpc) is 2.66. The molecule has 16 heavy (non-hydrogen) atoms. The highest BCUT2D eigenvalue weighted by Gasteiger charge is 2.02. The van der Waals surface area contributed by atoms with E-state index in [-0.39, 0.29) is 24.0 Å². The van der Waals surface area contributed by atoms with Crippen molar-refractivity contribution in [2.45, 2.75) is 19.9 Å². The molecule has 0 aliphatic carbocycles. The smallest absolute Gasteiger partial charge is 0.193 e. The van der Waals surface area contributed by atoms with Gasteiger partial charge >= 0.3 is 0 Å². The molecule has 0 radical (unpaired) electrons.